The van der Waals surface area contributed by atoms with Crippen LogP contribution in [0.4, 0.5) is 0 Å². The summed E-state index contributed by atoms with van der Waals surface area (Å²) in [6.45, 7) is 4.28. The lowest BCUT2D eigenvalue weighted by atomic mass is 10.3. The first-order chi connectivity index (χ1) is 7.02. The number of nitrogens with one attached hydrogen (secondary N) is 2. The molecule has 15 heavy (non-hydrogen) atoms. The molecule has 88 valence electrons. The zero-order valence-corrected chi connectivity index (χ0v) is 9.08. The quantitative estimate of drug-likeness (QED) is 0.391. The molecule has 0 aliphatic rings. The fourth-order valence-corrected chi connectivity index (χ4v) is 0.869. The van der Waals surface area contributed by atoms with Crippen LogP contribution in [0.1, 0.15) is 26.7 Å². The molecule has 0 spiro atoms. The van der Waals surface area contributed by atoms with E-state index in [1.165, 1.54) is 0 Å². The molecule has 0 fully saturated rings. The van der Waals surface area contributed by atoms with Crippen LogP contribution in [-0.4, -0.2) is 36.2 Å². The third kappa shape index (κ3) is 10.8. The van der Waals surface area contributed by atoms with Gasteiger partial charge in [0.1, 0.15) is 0 Å². The summed E-state index contributed by atoms with van der Waals surface area (Å²) < 4.78 is 0. The van der Waals surface area contributed by atoms with E-state index in [4.69, 9.17) is 5.11 Å². The second kappa shape index (κ2) is 8.19. The maximum absolute atomic E-state index is 11.0. The van der Waals surface area contributed by atoms with Crippen LogP contribution in [0.25, 0.3) is 0 Å². The molecule has 0 rings (SSSR count). The van der Waals surface area contributed by atoms with E-state index in [9.17, 15) is 9.59 Å². The minimum absolute atomic E-state index is 0.304. The summed E-state index contributed by atoms with van der Waals surface area (Å²) in [7, 11) is 0. The molecule has 0 aromatic carbocycles. The van der Waals surface area contributed by atoms with E-state index in [1.807, 2.05) is 13.8 Å². The number of amides is 1. The Balaban J connectivity index is 3.30. The molecular formula is C9H18N2O4. The molecule has 0 saturated heterocycles. The Labute approximate surface area is 88.9 Å². The standard InChI is InChI=1S/C9H18N2O4/c1-7(2)10-5-3-4-8(12)11-15-6-9(13)14/h7,10H,3-6H2,1-2H3,(H,11,12)(H,13,14). The molecule has 0 heterocycles. The van der Waals surface area contributed by atoms with E-state index in [1.54, 1.807) is 0 Å². The predicted molar refractivity (Wildman–Crippen MR) is 54.1 cm³/mol. The van der Waals surface area contributed by atoms with Crippen molar-refractivity contribution in [2.24, 2.45) is 0 Å². The lowest BCUT2D eigenvalue weighted by Gasteiger charge is -2.07. The van der Waals surface area contributed by atoms with Gasteiger partial charge in [-0.15, -0.1) is 0 Å². The highest BCUT2D eigenvalue weighted by Gasteiger charge is 2.02. The van der Waals surface area contributed by atoms with Crippen molar-refractivity contribution in [3.05, 3.63) is 0 Å². The summed E-state index contributed by atoms with van der Waals surface area (Å²) in [6, 6.07) is 0.399. The van der Waals surface area contributed by atoms with Gasteiger partial charge in [0.25, 0.3) is 0 Å². The van der Waals surface area contributed by atoms with Crippen LogP contribution < -0.4 is 10.8 Å². The molecule has 0 unspecified atom stereocenters. The Morgan fingerprint density at radius 1 is 1.40 bits per heavy atom. The van der Waals surface area contributed by atoms with Gasteiger partial charge in [-0.2, -0.15) is 0 Å². The smallest absolute Gasteiger partial charge is 0.332 e. The third-order valence-electron chi connectivity index (χ3n) is 1.51. The highest BCUT2D eigenvalue weighted by atomic mass is 16.7. The molecule has 0 atom stereocenters. The van der Waals surface area contributed by atoms with Gasteiger partial charge in [-0.05, 0) is 13.0 Å². The Morgan fingerprint density at radius 2 is 2.07 bits per heavy atom. The Kier molecular flexibility index (Phi) is 7.57. The van der Waals surface area contributed by atoms with Crippen LogP contribution in [0, 0.1) is 0 Å². The topological polar surface area (TPSA) is 87.7 Å². The number of aliphatic carboxylic acids is 1. The second-order valence-corrected chi connectivity index (χ2v) is 3.42. The first-order valence-electron chi connectivity index (χ1n) is 4.88. The lowest BCUT2D eigenvalue weighted by Crippen LogP contribution is -2.28. The van der Waals surface area contributed by atoms with Crippen LogP contribution >= 0.6 is 0 Å². The average Bonchev–Trinajstić information content (AvgIpc) is 2.11. The molecule has 1 amide bonds. The minimum atomic E-state index is -1.11. The van der Waals surface area contributed by atoms with Crippen LogP contribution in [0.2, 0.25) is 0 Å². The number of hydrogen-bond acceptors (Lipinski definition) is 4. The molecule has 0 radical (unpaired) electrons. The monoisotopic (exact) mass is 218 g/mol. The molecule has 0 aromatic heterocycles. The van der Waals surface area contributed by atoms with Gasteiger partial charge in [-0.3, -0.25) is 9.63 Å². The van der Waals surface area contributed by atoms with Crippen molar-refractivity contribution in [1.29, 1.82) is 0 Å². The van der Waals surface area contributed by atoms with E-state index in [2.05, 4.69) is 15.6 Å². The molecule has 6 nitrogen and oxygen atoms in total. The van der Waals surface area contributed by atoms with Crippen molar-refractivity contribution in [1.82, 2.24) is 10.8 Å². The van der Waals surface area contributed by atoms with Crippen LogP contribution in [0.5, 0.6) is 0 Å². The van der Waals surface area contributed by atoms with Gasteiger partial charge in [0.15, 0.2) is 6.61 Å². The van der Waals surface area contributed by atoms with Crippen LogP contribution in [0.3, 0.4) is 0 Å². The predicted octanol–water partition coefficient (Wildman–Crippen LogP) is -0.103. The number of hydroxylamine groups is 1. The Bertz CT molecular complexity index is 206. The molecule has 0 aliphatic heterocycles. The van der Waals surface area contributed by atoms with Crippen molar-refractivity contribution in [3.63, 3.8) is 0 Å². The van der Waals surface area contributed by atoms with E-state index in [0.29, 0.717) is 18.9 Å². The maximum atomic E-state index is 11.0. The highest BCUT2D eigenvalue weighted by molar-refractivity contribution is 5.75. The minimum Gasteiger partial charge on any atom is -0.479 e. The van der Waals surface area contributed by atoms with Gasteiger partial charge in [0.2, 0.25) is 5.91 Å². The van der Waals surface area contributed by atoms with E-state index < -0.39 is 12.6 Å². The van der Waals surface area contributed by atoms with Crippen LogP contribution in [-0.2, 0) is 14.4 Å². The Hall–Kier alpha value is -1.14. The zero-order chi connectivity index (χ0) is 11.7. The number of carboxylic acids is 1. The fraction of sp³-hybridized carbons (Fsp3) is 0.778. The summed E-state index contributed by atoms with van der Waals surface area (Å²) in [5.41, 5.74) is 2.05. The summed E-state index contributed by atoms with van der Waals surface area (Å²) in [5.74, 6) is -1.42. The molecule has 3 N–H and O–H groups in total. The number of carbonyl (C=O) groups is 2. The average molecular weight is 218 g/mol. The number of rotatable bonds is 8. The highest BCUT2D eigenvalue weighted by Crippen LogP contribution is 1.88. The largest absolute Gasteiger partial charge is 0.479 e. The number of carboxylic acid groups (broad SMARTS) is 1. The van der Waals surface area contributed by atoms with Crippen molar-refractivity contribution in [3.8, 4) is 0 Å². The van der Waals surface area contributed by atoms with Crippen LogP contribution in [0.15, 0.2) is 0 Å². The van der Waals surface area contributed by atoms with Gasteiger partial charge in [0.05, 0.1) is 0 Å². The van der Waals surface area contributed by atoms with Gasteiger partial charge in [0, 0.05) is 12.5 Å². The van der Waals surface area contributed by atoms with E-state index in [0.717, 1.165) is 6.54 Å². The summed E-state index contributed by atoms with van der Waals surface area (Å²) in [6.07, 6.45) is 1.01. The normalized spacial score (nSPS) is 10.3. The zero-order valence-electron chi connectivity index (χ0n) is 9.08. The summed E-state index contributed by atoms with van der Waals surface area (Å²) in [5, 5.41) is 11.4. The first-order valence-corrected chi connectivity index (χ1v) is 4.88. The second-order valence-electron chi connectivity index (χ2n) is 3.42. The fourth-order valence-electron chi connectivity index (χ4n) is 0.869. The Morgan fingerprint density at radius 3 is 2.60 bits per heavy atom. The third-order valence-corrected chi connectivity index (χ3v) is 1.51. The summed E-state index contributed by atoms with van der Waals surface area (Å²) in [4.78, 5) is 25.5. The molecule has 0 bridgehead atoms. The summed E-state index contributed by atoms with van der Waals surface area (Å²) >= 11 is 0. The number of carbonyl (C=O) groups excluding carboxylic acids is 1. The van der Waals surface area contributed by atoms with Gasteiger partial charge in [-0.25, -0.2) is 10.3 Å². The van der Waals surface area contributed by atoms with Crippen molar-refractivity contribution < 1.29 is 19.5 Å². The first kappa shape index (κ1) is 13.9. The molecule has 0 aliphatic carbocycles. The molecule has 0 aromatic rings. The van der Waals surface area contributed by atoms with Gasteiger partial charge < -0.3 is 10.4 Å². The van der Waals surface area contributed by atoms with Gasteiger partial charge >= 0.3 is 5.97 Å². The van der Waals surface area contributed by atoms with Crippen molar-refractivity contribution >= 4 is 11.9 Å². The van der Waals surface area contributed by atoms with Crippen molar-refractivity contribution in [2.45, 2.75) is 32.7 Å². The molecular weight excluding hydrogens is 200 g/mol. The number of hydrogen-bond donors (Lipinski definition) is 3. The molecule has 6 heteroatoms. The van der Waals surface area contributed by atoms with Crippen molar-refractivity contribution in [2.75, 3.05) is 13.2 Å². The molecule has 0 saturated carbocycles. The maximum Gasteiger partial charge on any atom is 0.332 e. The SMILES string of the molecule is CC(C)NCCCC(=O)NOCC(=O)O. The lowest BCUT2D eigenvalue weighted by molar-refractivity contribution is -0.149. The van der Waals surface area contributed by atoms with E-state index >= 15 is 0 Å². The van der Waals surface area contributed by atoms with Gasteiger partial charge in [-0.1, -0.05) is 13.8 Å². The van der Waals surface area contributed by atoms with E-state index in [-0.39, 0.29) is 5.91 Å².